The van der Waals surface area contributed by atoms with Gasteiger partial charge in [-0.1, -0.05) is 5.16 Å². The van der Waals surface area contributed by atoms with Crippen LogP contribution < -0.4 is 5.32 Å². The first kappa shape index (κ1) is 17.2. The Bertz CT molecular complexity index is 891. The Labute approximate surface area is 155 Å². The quantitative estimate of drug-likeness (QED) is 0.701. The van der Waals surface area contributed by atoms with Gasteiger partial charge in [0.05, 0.1) is 5.56 Å². The van der Waals surface area contributed by atoms with E-state index in [-0.39, 0.29) is 12.0 Å². The van der Waals surface area contributed by atoms with Gasteiger partial charge in [-0.25, -0.2) is 9.97 Å². The van der Waals surface area contributed by atoms with Crippen molar-refractivity contribution in [2.24, 2.45) is 0 Å². The summed E-state index contributed by atoms with van der Waals surface area (Å²) < 4.78 is 10.7. The number of aromatic nitrogens is 5. The van der Waals surface area contributed by atoms with Crippen molar-refractivity contribution in [1.29, 1.82) is 0 Å². The van der Waals surface area contributed by atoms with Gasteiger partial charge >= 0.3 is 0 Å². The highest BCUT2D eigenvalue weighted by atomic mass is 16.5. The van der Waals surface area contributed by atoms with Crippen molar-refractivity contribution in [3.63, 3.8) is 0 Å². The molecule has 1 atom stereocenters. The molecule has 0 aliphatic carbocycles. The highest BCUT2D eigenvalue weighted by Crippen LogP contribution is 2.26. The molecule has 0 saturated carbocycles. The van der Waals surface area contributed by atoms with Gasteiger partial charge in [0.2, 0.25) is 0 Å². The second kappa shape index (κ2) is 8.00. The van der Waals surface area contributed by atoms with Crippen molar-refractivity contribution in [1.82, 2.24) is 30.4 Å². The maximum absolute atomic E-state index is 12.2. The SMILES string of the molecule is O=C(NCCc1noc([C@H]2CCCO2)n1)c1cnc(-c2cccnc2)nc1. The summed E-state index contributed by atoms with van der Waals surface area (Å²) in [5.74, 6) is 1.32. The lowest BCUT2D eigenvalue weighted by Gasteiger charge is -2.04. The molecule has 27 heavy (non-hydrogen) atoms. The molecule has 3 aromatic heterocycles. The van der Waals surface area contributed by atoms with Gasteiger partial charge in [0.1, 0.15) is 6.10 Å². The summed E-state index contributed by atoms with van der Waals surface area (Å²) in [6, 6.07) is 3.67. The molecule has 4 heterocycles. The molecule has 9 nitrogen and oxygen atoms in total. The number of nitrogens with zero attached hydrogens (tertiary/aromatic N) is 5. The topological polar surface area (TPSA) is 116 Å². The van der Waals surface area contributed by atoms with Crippen LogP contribution in [0.5, 0.6) is 0 Å². The first-order chi connectivity index (χ1) is 13.3. The first-order valence-corrected chi connectivity index (χ1v) is 8.74. The van der Waals surface area contributed by atoms with Crippen molar-refractivity contribution in [2.75, 3.05) is 13.2 Å². The fourth-order valence-corrected chi connectivity index (χ4v) is 2.75. The van der Waals surface area contributed by atoms with Crippen LogP contribution in [0.15, 0.2) is 41.4 Å². The van der Waals surface area contributed by atoms with Crippen molar-refractivity contribution < 1.29 is 14.1 Å². The number of rotatable bonds is 6. The zero-order chi connectivity index (χ0) is 18.5. The molecule has 1 saturated heterocycles. The Kier molecular flexibility index (Phi) is 5.10. The molecule has 0 radical (unpaired) electrons. The number of nitrogens with one attached hydrogen (secondary N) is 1. The molecule has 1 aliphatic rings. The number of hydrogen-bond acceptors (Lipinski definition) is 8. The van der Waals surface area contributed by atoms with Gasteiger partial charge in [-0.05, 0) is 25.0 Å². The molecule has 9 heteroatoms. The molecule has 3 aromatic rings. The van der Waals surface area contributed by atoms with Crippen molar-refractivity contribution in [3.05, 3.63) is 54.2 Å². The van der Waals surface area contributed by atoms with E-state index in [2.05, 4.69) is 30.4 Å². The molecular formula is C18H18N6O3. The van der Waals surface area contributed by atoms with Gasteiger partial charge in [0.25, 0.3) is 11.8 Å². The van der Waals surface area contributed by atoms with Crippen molar-refractivity contribution >= 4 is 5.91 Å². The summed E-state index contributed by atoms with van der Waals surface area (Å²) in [6.45, 7) is 1.10. The lowest BCUT2D eigenvalue weighted by Crippen LogP contribution is -2.26. The van der Waals surface area contributed by atoms with Crippen LogP contribution >= 0.6 is 0 Å². The highest BCUT2D eigenvalue weighted by molar-refractivity contribution is 5.93. The Balaban J connectivity index is 1.29. The normalized spacial score (nSPS) is 16.4. The molecule has 0 bridgehead atoms. The maximum atomic E-state index is 12.2. The molecule has 1 N–H and O–H groups in total. The van der Waals surface area contributed by atoms with E-state index in [1.54, 1.807) is 12.4 Å². The predicted molar refractivity (Wildman–Crippen MR) is 93.5 cm³/mol. The highest BCUT2D eigenvalue weighted by Gasteiger charge is 2.23. The van der Waals surface area contributed by atoms with Crippen LogP contribution in [0.3, 0.4) is 0 Å². The minimum absolute atomic E-state index is 0.101. The third-order valence-electron chi connectivity index (χ3n) is 4.16. The van der Waals surface area contributed by atoms with Crippen LogP contribution in [0.1, 0.15) is 41.0 Å². The third-order valence-corrected chi connectivity index (χ3v) is 4.16. The summed E-state index contributed by atoms with van der Waals surface area (Å²) in [5.41, 5.74) is 1.18. The van der Waals surface area contributed by atoms with Crippen LogP contribution in [-0.2, 0) is 11.2 Å². The summed E-state index contributed by atoms with van der Waals surface area (Å²) in [4.78, 5) is 29.0. The average molecular weight is 366 g/mol. The first-order valence-electron chi connectivity index (χ1n) is 8.74. The molecule has 0 aromatic carbocycles. The van der Waals surface area contributed by atoms with E-state index >= 15 is 0 Å². The summed E-state index contributed by atoms with van der Waals surface area (Å²) >= 11 is 0. The zero-order valence-corrected chi connectivity index (χ0v) is 14.5. The average Bonchev–Trinajstić information content (AvgIpc) is 3.40. The lowest BCUT2D eigenvalue weighted by atomic mass is 10.2. The monoisotopic (exact) mass is 366 g/mol. The van der Waals surface area contributed by atoms with E-state index in [1.807, 2.05) is 12.1 Å². The van der Waals surface area contributed by atoms with Gasteiger partial charge in [0, 0.05) is 49.9 Å². The van der Waals surface area contributed by atoms with Crippen LogP contribution in [0.2, 0.25) is 0 Å². The van der Waals surface area contributed by atoms with E-state index in [0.717, 1.165) is 25.0 Å². The predicted octanol–water partition coefficient (Wildman–Crippen LogP) is 1.75. The van der Waals surface area contributed by atoms with E-state index < -0.39 is 0 Å². The molecule has 0 unspecified atom stereocenters. The number of ether oxygens (including phenoxy) is 1. The second-order valence-electron chi connectivity index (χ2n) is 6.09. The van der Waals surface area contributed by atoms with E-state index in [1.165, 1.54) is 12.4 Å². The van der Waals surface area contributed by atoms with Crippen LogP contribution in [0.25, 0.3) is 11.4 Å². The Morgan fingerprint density at radius 1 is 1.26 bits per heavy atom. The Morgan fingerprint density at radius 2 is 2.15 bits per heavy atom. The number of pyridine rings is 1. The van der Waals surface area contributed by atoms with Crippen molar-refractivity contribution in [3.8, 4) is 11.4 Å². The smallest absolute Gasteiger partial charge is 0.255 e. The largest absolute Gasteiger partial charge is 0.368 e. The van der Waals surface area contributed by atoms with Crippen LogP contribution in [0, 0.1) is 0 Å². The van der Waals surface area contributed by atoms with Gasteiger partial charge in [-0.3, -0.25) is 9.78 Å². The Morgan fingerprint density at radius 3 is 2.89 bits per heavy atom. The lowest BCUT2D eigenvalue weighted by molar-refractivity contribution is 0.0835. The standard InChI is InChI=1S/C18H18N6O3/c25-17(13-10-21-16(22-11-13)12-3-1-6-19-9-12)20-7-5-15-23-18(27-24-15)14-4-2-8-26-14/h1,3,6,9-11,14H,2,4-5,7-8H2,(H,20,25)/t14-/m1/s1. The summed E-state index contributed by atoms with van der Waals surface area (Å²) in [7, 11) is 0. The van der Waals surface area contributed by atoms with Crippen LogP contribution in [0.4, 0.5) is 0 Å². The van der Waals surface area contributed by atoms with Gasteiger partial charge in [-0.15, -0.1) is 0 Å². The second-order valence-corrected chi connectivity index (χ2v) is 6.09. The number of carbonyl (C=O) groups is 1. The summed E-state index contributed by atoms with van der Waals surface area (Å²) in [6.07, 6.45) is 8.60. The Hall–Kier alpha value is -3.20. The van der Waals surface area contributed by atoms with Crippen LogP contribution in [-0.4, -0.2) is 44.2 Å². The molecule has 1 fully saturated rings. The number of hydrogen-bond donors (Lipinski definition) is 1. The third kappa shape index (κ3) is 4.14. The van der Waals surface area contributed by atoms with Crippen molar-refractivity contribution in [2.45, 2.75) is 25.4 Å². The number of carbonyl (C=O) groups excluding carboxylic acids is 1. The van der Waals surface area contributed by atoms with E-state index in [0.29, 0.717) is 36.1 Å². The number of amides is 1. The van der Waals surface area contributed by atoms with E-state index in [9.17, 15) is 4.79 Å². The molecule has 1 amide bonds. The fraction of sp³-hybridized carbons (Fsp3) is 0.333. The zero-order valence-electron chi connectivity index (χ0n) is 14.5. The summed E-state index contributed by atoms with van der Waals surface area (Å²) in [5, 5.41) is 6.73. The van der Waals surface area contributed by atoms with E-state index in [4.69, 9.17) is 9.26 Å². The van der Waals surface area contributed by atoms with Gasteiger partial charge < -0.3 is 14.6 Å². The maximum Gasteiger partial charge on any atom is 0.255 e. The molecule has 4 rings (SSSR count). The molecule has 1 aliphatic heterocycles. The molecule has 0 spiro atoms. The minimum atomic E-state index is -0.254. The molecular weight excluding hydrogens is 348 g/mol. The minimum Gasteiger partial charge on any atom is -0.368 e. The van der Waals surface area contributed by atoms with Gasteiger partial charge in [0.15, 0.2) is 11.6 Å². The molecule has 138 valence electrons. The fourth-order valence-electron chi connectivity index (χ4n) is 2.75. The van der Waals surface area contributed by atoms with Gasteiger partial charge in [-0.2, -0.15) is 4.98 Å².